The van der Waals surface area contributed by atoms with Crippen molar-refractivity contribution in [2.75, 3.05) is 6.54 Å². The normalized spacial score (nSPS) is 14.7. The Bertz CT molecular complexity index is 297. The highest BCUT2D eigenvalue weighted by Crippen LogP contribution is 2.23. The second kappa shape index (κ2) is 4.77. The zero-order chi connectivity index (χ0) is 10.6. The van der Waals surface area contributed by atoms with Crippen molar-refractivity contribution in [2.45, 2.75) is 12.8 Å². The van der Waals surface area contributed by atoms with Gasteiger partial charge in [0.1, 0.15) is 0 Å². The Morgan fingerprint density at radius 2 is 2.00 bits per heavy atom. The first-order valence-electron chi connectivity index (χ1n) is 4.64. The molecular weight excluding hydrogens is 178 g/mol. The molecular formula is C11H15NO2. The van der Waals surface area contributed by atoms with Crippen molar-refractivity contribution in [3.8, 4) is 0 Å². The number of benzene rings is 1. The van der Waals surface area contributed by atoms with Gasteiger partial charge in [-0.05, 0) is 11.5 Å². The summed E-state index contributed by atoms with van der Waals surface area (Å²) >= 11 is 0. The van der Waals surface area contributed by atoms with Gasteiger partial charge in [-0.2, -0.15) is 0 Å². The third-order valence-corrected chi connectivity index (χ3v) is 2.50. The number of carboxylic acid groups (broad SMARTS) is 1. The molecule has 1 aromatic rings. The van der Waals surface area contributed by atoms with E-state index in [2.05, 4.69) is 0 Å². The lowest BCUT2D eigenvalue weighted by Gasteiger charge is -2.18. The maximum absolute atomic E-state index is 10.9. The molecule has 14 heavy (non-hydrogen) atoms. The summed E-state index contributed by atoms with van der Waals surface area (Å²) in [4.78, 5) is 10.9. The van der Waals surface area contributed by atoms with Gasteiger partial charge in [0.25, 0.3) is 0 Å². The molecule has 1 aromatic carbocycles. The fourth-order valence-electron chi connectivity index (χ4n) is 1.51. The van der Waals surface area contributed by atoms with Gasteiger partial charge in [0.05, 0.1) is 5.92 Å². The first kappa shape index (κ1) is 10.7. The number of aliphatic carboxylic acids is 1. The van der Waals surface area contributed by atoms with Crippen molar-refractivity contribution in [1.82, 2.24) is 0 Å². The number of carbonyl (C=O) groups is 1. The van der Waals surface area contributed by atoms with Crippen LogP contribution in [0.25, 0.3) is 0 Å². The summed E-state index contributed by atoms with van der Waals surface area (Å²) in [7, 11) is 0. The van der Waals surface area contributed by atoms with Gasteiger partial charge < -0.3 is 10.8 Å². The predicted molar refractivity (Wildman–Crippen MR) is 55.0 cm³/mol. The molecule has 0 heterocycles. The van der Waals surface area contributed by atoms with E-state index in [-0.39, 0.29) is 12.5 Å². The predicted octanol–water partition coefficient (Wildman–Crippen LogP) is 1.45. The molecule has 3 heteroatoms. The van der Waals surface area contributed by atoms with Crippen LogP contribution in [0.5, 0.6) is 0 Å². The van der Waals surface area contributed by atoms with Crippen molar-refractivity contribution in [3.63, 3.8) is 0 Å². The highest BCUT2D eigenvalue weighted by Gasteiger charge is 2.23. The smallest absolute Gasteiger partial charge is 0.308 e. The van der Waals surface area contributed by atoms with Crippen molar-refractivity contribution in [3.05, 3.63) is 35.9 Å². The summed E-state index contributed by atoms with van der Waals surface area (Å²) in [5, 5.41) is 8.92. The van der Waals surface area contributed by atoms with E-state index in [1.165, 1.54) is 0 Å². The van der Waals surface area contributed by atoms with E-state index in [1.807, 2.05) is 37.3 Å². The minimum atomic E-state index is -0.830. The number of hydrogen-bond acceptors (Lipinski definition) is 2. The van der Waals surface area contributed by atoms with Crippen molar-refractivity contribution in [1.29, 1.82) is 0 Å². The lowest BCUT2D eigenvalue weighted by atomic mass is 9.88. The average molecular weight is 193 g/mol. The van der Waals surface area contributed by atoms with Crippen LogP contribution in [0, 0.1) is 5.92 Å². The highest BCUT2D eigenvalue weighted by atomic mass is 16.4. The topological polar surface area (TPSA) is 63.3 Å². The molecule has 3 N–H and O–H groups in total. The standard InChI is InChI=1S/C11H15NO2/c1-8(10(7-12)11(13)14)9-5-3-2-4-6-9/h2-6,8,10H,7,12H2,1H3,(H,13,14)/t8-,10+/m0/s1. The quantitative estimate of drug-likeness (QED) is 0.760. The molecule has 0 aliphatic carbocycles. The lowest BCUT2D eigenvalue weighted by Crippen LogP contribution is -2.28. The highest BCUT2D eigenvalue weighted by molar-refractivity contribution is 5.71. The average Bonchev–Trinajstić information content (AvgIpc) is 2.19. The Balaban J connectivity index is 2.83. The number of carboxylic acids is 1. The second-order valence-electron chi connectivity index (χ2n) is 3.38. The zero-order valence-corrected chi connectivity index (χ0v) is 8.18. The van der Waals surface area contributed by atoms with Crippen molar-refractivity contribution < 1.29 is 9.90 Å². The molecule has 1 rings (SSSR count). The molecule has 3 nitrogen and oxygen atoms in total. The molecule has 0 spiro atoms. The van der Waals surface area contributed by atoms with Crippen LogP contribution < -0.4 is 5.73 Å². The first-order chi connectivity index (χ1) is 6.66. The lowest BCUT2D eigenvalue weighted by molar-refractivity contribution is -0.142. The van der Waals surface area contributed by atoms with E-state index in [0.29, 0.717) is 0 Å². The number of nitrogens with two attached hydrogens (primary N) is 1. The Morgan fingerprint density at radius 1 is 1.43 bits per heavy atom. The Hall–Kier alpha value is -1.35. The molecule has 0 saturated heterocycles. The fourth-order valence-corrected chi connectivity index (χ4v) is 1.51. The second-order valence-corrected chi connectivity index (χ2v) is 3.38. The monoisotopic (exact) mass is 193 g/mol. The molecule has 0 unspecified atom stereocenters. The van der Waals surface area contributed by atoms with Gasteiger partial charge in [-0.15, -0.1) is 0 Å². The molecule has 0 bridgehead atoms. The van der Waals surface area contributed by atoms with Gasteiger partial charge in [0, 0.05) is 6.54 Å². The molecule has 0 fully saturated rings. The summed E-state index contributed by atoms with van der Waals surface area (Å²) in [6, 6.07) is 9.57. The summed E-state index contributed by atoms with van der Waals surface area (Å²) in [5.74, 6) is -1.38. The SMILES string of the molecule is C[C@@H](c1ccccc1)[C@@H](CN)C(=O)O. The molecule has 2 atom stereocenters. The summed E-state index contributed by atoms with van der Waals surface area (Å²) in [6.45, 7) is 2.06. The minimum absolute atomic E-state index is 0.0429. The maximum atomic E-state index is 10.9. The van der Waals surface area contributed by atoms with Gasteiger partial charge in [-0.1, -0.05) is 37.3 Å². The Kier molecular flexibility index (Phi) is 3.65. The minimum Gasteiger partial charge on any atom is -0.481 e. The van der Waals surface area contributed by atoms with Crippen LogP contribution in [0.2, 0.25) is 0 Å². The third-order valence-electron chi connectivity index (χ3n) is 2.50. The third kappa shape index (κ3) is 2.33. The largest absolute Gasteiger partial charge is 0.481 e. The van der Waals surface area contributed by atoms with Crippen molar-refractivity contribution >= 4 is 5.97 Å². The molecule has 76 valence electrons. The first-order valence-corrected chi connectivity index (χ1v) is 4.64. The van der Waals surface area contributed by atoms with Crippen LogP contribution in [0.3, 0.4) is 0 Å². The van der Waals surface area contributed by atoms with E-state index in [4.69, 9.17) is 10.8 Å². The van der Waals surface area contributed by atoms with Gasteiger partial charge in [0.15, 0.2) is 0 Å². The van der Waals surface area contributed by atoms with Gasteiger partial charge in [-0.25, -0.2) is 0 Å². The molecule has 0 aliphatic rings. The number of hydrogen-bond donors (Lipinski definition) is 2. The maximum Gasteiger partial charge on any atom is 0.308 e. The Morgan fingerprint density at radius 3 is 2.43 bits per heavy atom. The van der Waals surface area contributed by atoms with E-state index in [0.717, 1.165) is 5.56 Å². The molecule has 0 saturated carbocycles. The van der Waals surface area contributed by atoms with Gasteiger partial charge >= 0.3 is 5.97 Å². The van der Waals surface area contributed by atoms with Crippen LogP contribution in [0.4, 0.5) is 0 Å². The van der Waals surface area contributed by atoms with Crippen LogP contribution in [-0.4, -0.2) is 17.6 Å². The zero-order valence-electron chi connectivity index (χ0n) is 8.18. The molecule has 0 radical (unpaired) electrons. The summed E-state index contributed by atoms with van der Waals surface area (Å²) < 4.78 is 0. The van der Waals surface area contributed by atoms with E-state index in [1.54, 1.807) is 0 Å². The van der Waals surface area contributed by atoms with Gasteiger partial charge in [-0.3, -0.25) is 4.79 Å². The molecule has 0 aliphatic heterocycles. The van der Waals surface area contributed by atoms with Crippen molar-refractivity contribution in [2.24, 2.45) is 11.7 Å². The van der Waals surface area contributed by atoms with Gasteiger partial charge in [0.2, 0.25) is 0 Å². The molecule has 0 aromatic heterocycles. The van der Waals surface area contributed by atoms with Crippen LogP contribution in [0.1, 0.15) is 18.4 Å². The Labute approximate surface area is 83.6 Å². The van der Waals surface area contributed by atoms with E-state index < -0.39 is 11.9 Å². The van der Waals surface area contributed by atoms with Crippen LogP contribution >= 0.6 is 0 Å². The number of rotatable bonds is 4. The summed E-state index contributed by atoms with van der Waals surface area (Å²) in [5.41, 5.74) is 6.45. The van der Waals surface area contributed by atoms with E-state index in [9.17, 15) is 4.79 Å². The van der Waals surface area contributed by atoms with E-state index >= 15 is 0 Å². The van der Waals surface area contributed by atoms with Crippen LogP contribution in [0.15, 0.2) is 30.3 Å². The molecule has 0 amide bonds. The fraction of sp³-hybridized carbons (Fsp3) is 0.364. The van der Waals surface area contributed by atoms with Crippen LogP contribution in [-0.2, 0) is 4.79 Å². The summed E-state index contributed by atoms with van der Waals surface area (Å²) in [6.07, 6.45) is 0.